The number of nitrogen functional groups attached to an aromatic ring is 1. The summed E-state index contributed by atoms with van der Waals surface area (Å²) >= 11 is 0. The van der Waals surface area contributed by atoms with Gasteiger partial charge in [0.05, 0.1) is 18.0 Å². The lowest BCUT2D eigenvalue weighted by atomic mass is 10.2. The van der Waals surface area contributed by atoms with Gasteiger partial charge < -0.3 is 16.2 Å². The Balaban J connectivity index is 2.22. The first-order valence-electron chi connectivity index (χ1n) is 4.40. The predicted molar refractivity (Wildman–Crippen MR) is 50.2 cm³/mol. The predicted octanol–water partition coefficient (Wildman–Crippen LogP) is 0.664. The average Bonchev–Trinajstić information content (AvgIpc) is 2.92. The first kappa shape index (κ1) is 8.31. The average molecular weight is 179 g/mol. The van der Waals surface area contributed by atoms with Gasteiger partial charge in [-0.15, -0.1) is 0 Å². The summed E-state index contributed by atoms with van der Waals surface area (Å²) in [4.78, 5) is 4.01. The van der Waals surface area contributed by atoms with Crippen molar-refractivity contribution in [1.82, 2.24) is 4.98 Å². The van der Waals surface area contributed by atoms with E-state index in [1.165, 1.54) is 0 Å². The first-order valence-corrected chi connectivity index (χ1v) is 4.40. The van der Waals surface area contributed by atoms with Gasteiger partial charge in [-0.3, -0.25) is 4.98 Å². The molecule has 4 heteroatoms. The Bertz CT molecular complexity index is 310. The van der Waals surface area contributed by atoms with E-state index in [0.717, 1.165) is 18.4 Å². The van der Waals surface area contributed by atoms with Crippen LogP contribution in [0.1, 0.15) is 18.4 Å². The van der Waals surface area contributed by atoms with Crippen LogP contribution in [-0.2, 0) is 6.54 Å². The Hall–Kier alpha value is -1.29. The second-order valence-electron chi connectivity index (χ2n) is 3.23. The van der Waals surface area contributed by atoms with E-state index in [9.17, 15) is 0 Å². The molecule has 13 heavy (non-hydrogen) atoms. The van der Waals surface area contributed by atoms with Gasteiger partial charge in [-0.1, -0.05) is 0 Å². The molecule has 0 radical (unpaired) electrons. The fourth-order valence-corrected chi connectivity index (χ4v) is 1.11. The van der Waals surface area contributed by atoms with Gasteiger partial charge >= 0.3 is 0 Å². The molecule has 2 rings (SSSR count). The van der Waals surface area contributed by atoms with Crippen LogP contribution in [0, 0.1) is 0 Å². The van der Waals surface area contributed by atoms with E-state index in [4.69, 9.17) is 16.2 Å². The molecule has 4 N–H and O–H groups in total. The molecule has 0 unspecified atom stereocenters. The van der Waals surface area contributed by atoms with Crippen molar-refractivity contribution in [2.75, 3.05) is 5.73 Å². The van der Waals surface area contributed by atoms with E-state index in [1.54, 1.807) is 12.4 Å². The van der Waals surface area contributed by atoms with Crippen LogP contribution in [0.3, 0.4) is 0 Å². The molecule has 0 bridgehead atoms. The molecule has 0 saturated heterocycles. The molecule has 1 aliphatic rings. The van der Waals surface area contributed by atoms with Crippen molar-refractivity contribution >= 4 is 5.69 Å². The molecule has 0 aliphatic heterocycles. The van der Waals surface area contributed by atoms with Crippen LogP contribution >= 0.6 is 0 Å². The maximum Gasteiger partial charge on any atom is 0.161 e. The van der Waals surface area contributed by atoms with Gasteiger partial charge in [0.15, 0.2) is 5.75 Å². The monoisotopic (exact) mass is 179 g/mol. The second kappa shape index (κ2) is 3.22. The van der Waals surface area contributed by atoms with E-state index in [0.29, 0.717) is 24.1 Å². The van der Waals surface area contributed by atoms with Gasteiger partial charge in [-0.25, -0.2) is 0 Å². The number of aromatic nitrogens is 1. The topological polar surface area (TPSA) is 74.2 Å². The second-order valence-corrected chi connectivity index (χ2v) is 3.23. The number of pyridine rings is 1. The number of hydrogen-bond acceptors (Lipinski definition) is 4. The molecule has 0 atom stereocenters. The van der Waals surface area contributed by atoms with E-state index >= 15 is 0 Å². The minimum Gasteiger partial charge on any atom is -0.487 e. The molecule has 1 aromatic rings. The van der Waals surface area contributed by atoms with Crippen molar-refractivity contribution in [3.63, 3.8) is 0 Å². The summed E-state index contributed by atoms with van der Waals surface area (Å²) in [6.07, 6.45) is 5.90. The zero-order chi connectivity index (χ0) is 9.26. The molecule has 1 aromatic heterocycles. The molecule has 0 spiro atoms. The zero-order valence-electron chi connectivity index (χ0n) is 7.36. The minimum atomic E-state index is 0.345. The third-order valence-electron chi connectivity index (χ3n) is 2.07. The molecule has 1 aliphatic carbocycles. The van der Waals surface area contributed by atoms with Crippen molar-refractivity contribution in [3.05, 3.63) is 18.0 Å². The zero-order valence-corrected chi connectivity index (χ0v) is 7.36. The van der Waals surface area contributed by atoms with Gasteiger partial charge in [0, 0.05) is 18.3 Å². The third kappa shape index (κ3) is 1.72. The van der Waals surface area contributed by atoms with Crippen LogP contribution in [0.2, 0.25) is 0 Å². The highest BCUT2D eigenvalue weighted by Crippen LogP contribution is 2.31. The van der Waals surface area contributed by atoms with Gasteiger partial charge in [0.2, 0.25) is 0 Å². The van der Waals surface area contributed by atoms with Crippen LogP contribution in [0.15, 0.2) is 12.4 Å². The summed E-state index contributed by atoms with van der Waals surface area (Å²) in [5.74, 6) is 0.672. The van der Waals surface area contributed by atoms with Crippen molar-refractivity contribution in [2.45, 2.75) is 25.5 Å². The van der Waals surface area contributed by atoms with Crippen molar-refractivity contribution in [2.24, 2.45) is 5.73 Å². The fraction of sp³-hybridized carbons (Fsp3) is 0.444. The summed E-state index contributed by atoms with van der Waals surface area (Å²) in [6.45, 7) is 0.403. The highest BCUT2D eigenvalue weighted by Gasteiger charge is 2.24. The number of nitrogens with zero attached hydrogens (tertiary/aromatic N) is 1. The van der Waals surface area contributed by atoms with E-state index in [-0.39, 0.29) is 0 Å². The van der Waals surface area contributed by atoms with Crippen molar-refractivity contribution < 1.29 is 4.74 Å². The molecular formula is C9H13N3O. The van der Waals surface area contributed by atoms with Crippen LogP contribution in [0.4, 0.5) is 5.69 Å². The molecule has 70 valence electrons. The maximum atomic E-state index is 5.82. The Morgan fingerprint density at radius 3 is 2.85 bits per heavy atom. The van der Waals surface area contributed by atoms with E-state index < -0.39 is 0 Å². The summed E-state index contributed by atoms with van der Waals surface area (Å²) in [5, 5.41) is 0. The number of nitrogens with two attached hydrogens (primary N) is 2. The van der Waals surface area contributed by atoms with Crippen LogP contribution in [0.5, 0.6) is 5.75 Å². The normalized spacial score (nSPS) is 15.8. The minimum absolute atomic E-state index is 0.345. The summed E-state index contributed by atoms with van der Waals surface area (Å²) in [6, 6.07) is 0. The molecule has 4 nitrogen and oxygen atoms in total. The largest absolute Gasteiger partial charge is 0.487 e. The van der Waals surface area contributed by atoms with Gasteiger partial charge in [0.25, 0.3) is 0 Å². The fourth-order valence-electron chi connectivity index (χ4n) is 1.11. The van der Waals surface area contributed by atoms with E-state index in [2.05, 4.69) is 4.98 Å². The van der Waals surface area contributed by atoms with Crippen LogP contribution in [0.25, 0.3) is 0 Å². The summed E-state index contributed by atoms with van der Waals surface area (Å²) < 4.78 is 5.56. The lowest BCUT2D eigenvalue weighted by Gasteiger charge is -2.09. The standard InChI is InChI=1S/C9H13N3O/c10-3-6-4-12-5-8(9(6)11)13-7-1-2-7/h4-5,7H,1-3,10H2,(H2,11,12). The van der Waals surface area contributed by atoms with Crippen LogP contribution < -0.4 is 16.2 Å². The molecule has 0 amide bonds. The molecule has 0 aromatic carbocycles. The maximum absolute atomic E-state index is 5.82. The summed E-state index contributed by atoms with van der Waals surface area (Å²) in [5.41, 5.74) is 12.8. The highest BCUT2D eigenvalue weighted by atomic mass is 16.5. The van der Waals surface area contributed by atoms with Gasteiger partial charge in [-0.2, -0.15) is 0 Å². The SMILES string of the molecule is NCc1cncc(OC2CC2)c1N. The summed E-state index contributed by atoms with van der Waals surface area (Å²) in [7, 11) is 0. The van der Waals surface area contributed by atoms with Crippen molar-refractivity contribution in [1.29, 1.82) is 0 Å². The van der Waals surface area contributed by atoms with Crippen LogP contribution in [-0.4, -0.2) is 11.1 Å². The number of rotatable bonds is 3. The number of hydrogen-bond donors (Lipinski definition) is 2. The quantitative estimate of drug-likeness (QED) is 0.715. The Morgan fingerprint density at radius 2 is 2.23 bits per heavy atom. The Morgan fingerprint density at radius 1 is 1.46 bits per heavy atom. The smallest absolute Gasteiger partial charge is 0.161 e. The Labute approximate surface area is 76.9 Å². The number of anilines is 1. The lowest BCUT2D eigenvalue weighted by molar-refractivity contribution is 0.303. The van der Waals surface area contributed by atoms with E-state index in [1.807, 2.05) is 0 Å². The highest BCUT2D eigenvalue weighted by molar-refractivity contribution is 5.56. The third-order valence-corrected chi connectivity index (χ3v) is 2.07. The van der Waals surface area contributed by atoms with Gasteiger partial charge in [-0.05, 0) is 12.8 Å². The first-order chi connectivity index (χ1) is 6.31. The van der Waals surface area contributed by atoms with Crippen molar-refractivity contribution in [3.8, 4) is 5.75 Å². The molecule has 1 fully saturated rings. The molecule has 1 saturated carbocycles. The molecule has 1 heterocycles. The Kier molecular flexibility index (Phi) is 2.06. The number of ether oxygens (including phenoxy) is 1. The lowest BCUT2D eigenvalue weighted by Crippen LogP contribution is -2.06. The van der Waals surface area contributed by atoms with Gasteiger partial charge in [0.1, 0.15) is 0 Å². The molecular weight excluding hydrogens is 166 g/mol.